The Kier molecular flexibility index (Phi) is 4.00. The number of hydrogen-bond donors (Lipinski definition) is 3. The summed E-state index contributed by atoms with van der Waals surface area (Å²) in [5.41, 5.74) is 1.77. The molecule has 0 aliphatic carbocycles. The SMILES string of the molecule is CC[C@@]1(O)C(=O)OCc2c1cc1n(c2=O)Cc2cc3c(O)c(CNC)ccc3nc2-1. The normalized spacial score (nSPS) is 19.4. The molecule has 3 aromatic rings. The van der Waals surface area contributed by atoms with Crippen molar-refractivity contribution in [2.75, 3.05) is 7.05 Å². The van der Waals surface area contributed by atoms with E-state index in [0.717, 1.165) is 11.1 Å². The summed E-state index contributed by atoms with van der Waals surface area (Å²) < 4.78 is 6.67. The summed E-state index contributed by atoms with van der Waals surface area (Å²) in [6.45, 7) is 2.34. The highest BCUT2D eigenvalue weighted by molar-refractivity contribution is 5.90. The number of pyridine rings is 2. The van der Waals surface area contributed by atoms with Gasteiger partial charge in [0.15, 0.2) is 5.60 Å². The second-order valence-electron chi connectivity index (χ2n) is 7.77. The van der Waals surface area contributed by atoms with Crippen molar-refractivity contribution in [1.82, 2.24) is 14.9 Å². The number of fused-ring (bicyclic) bond motifs is 5. The van der Waals surface area contributed by atoms with Crippen molar-refractivity contribution in [3.8, 4) is 17.1 Å². The van der Waals surface area contributed by atoms with E-state index in [4.69, 9.17) is 9.72 Å². The fourth-order valence-corrected chi connectivity index (χ4v) is 4.42. The zero-order valence-corrected chi connectivity index (χ0v) is 16.7. The number of cyclic esters (lactones) is 1. The van der Waals surface area contributed by atoms with Crippen molar-refractivity contribution in [2.24, 2.45) is 0 Å². The molecule has 2 aromatic heterocycles. The highest BCUT2D eigenvalue weighted by Gasteiger charge is 2.45. The van der Waals surface area contributed by atoms with Crippen molar-refractivity contribution >= 4 is 16.9 Å². The molecule has 0 saturated heterocycles. The first kappa shape index (κ1) is 18.8. The Hall–Kier alpha value is -3.23. The largest absolute Gasteiger partial charge is 0.507 e. The topological polar surface area (TPSA) is 114 Å². The van der Waals surface area contributed by atoms with Crippen LogP contribution in [-0.4, -0.2) is 32.8 Å². The maximum Gasteiger partial charge on any atom is 0.343 e. The Morgan fingerprint density at radius 2 is 2.10 bits per heavy atom. The summed E-state index contributed by atoms with van der Waals surface area (Å²) in [5, 5.41) is 25.2. The summed E-state index contributed by atoms with van der Waals surface area (Å²) >= 11 is 0. The molecule has 2 aliphatic rings. The fourth-order valence-electron chi connectivity index (χ4n) is 4.42. The van der Waals surface area contributed by atoms with Crippen LogP contribution >= 0.6 is 0 Å². The number of benzene rings is 1. The van der Waals surface area contributed by atoms with E-state index in [1.807, 2.05) is 18.2 Å². The third kappa shape index (κ3) is 2.37. The van der Waals surface area contributed by atoms with E-state index in [0.29, 0.717) is 46.5 Å². The Morgan fingerprint density at radius 3 is 2.83 bits per heavy atom. The summed E-state index contributed by atoms with van der Waals surface area (Å²) in [4.78, 5) is 30.1. The molecule has 0 amide bonds. The molecule has 154 valence electrons. The van der Waals surface area contributed by atoms with E-state index >= 15 is 0 Å². The molecule has 5 rings (SSSR count). The highest BCUT2D eigenvalue weighted by atomic mass is 16.6. The van der Waals surface area contributed by atoms with E-state index in [2.05, 4.69) is 5.32 Å². The highest BCUT2D eigenvalue weighted by Crippen LogP contribution is 2.39. The van der Waals surface area contributed by atoms with Gasteiger partial charge in [-0.05, 0) is 31.7 Å². The van der Waals surface area contributed by atoms with Crippen molar-refractivity contribution in [2.45, 2.75) is 38.6 Å². The molecule has 0 spiro atoms. The van der Waals surface area contributed by atoms with Gasteiger partial charge in [0.2, 0.25) is 0 Å². The Bertz CT molecular complexity index is 1300. The quantitative estimate of drug-likeness (QED) is 0.441. The smallest absolute Gasteiger partial charge is 0.343 e. The molecule has 0 saturated carbocycles. The van der Waals surface area contributed by atoms with E-state index < -0.39 is 11.6 Å². The molecule has 0 fully saturated rings. The van der Waals surface area contributed by atoms with E-state index in [1.54, 1.807) is 24.6 Å². The lowest BCUT2D eigenvalue weighted by Crippen LogP contribution is -2.44. The molecule has 0 unspecified atom stereocenters. The van der Waals surface area contributed by atoms with Gasteiger partial charge in [0, 0.05) is 28.6 Å². The van der Waals surface area contributed by atoms with Gasteiger partial charge >= 0.3 is 5.97 Å². The van der Waals surface area contributed by atoms with Crippen molar-refractivity contribution in [3.63, 3.8) is 0 Å². The number of nitrogens with one attached hydrogen (secondary N) is 1. The van der Waals surface area contributed by atoms with E-state index in [9.17, 15) is 19.8 Å². The van der Waals surface area contributed by atoms with Gasteiger partial charge in [-0.2, -0.15) is 0 Å². The average molecular weight is 407 g/mol. The molecular formula is C22H21N3O5. The number of aromatic hydroxyl groups is 1. The van der Waals surface area contributed by atoms with Crippen LogP contribution in [0.4, 0.5) is 0 Å². The van der Waals surface area contributed by atoms with Crippen molar-refractivity contribution < 1.29 is 19.7 Å². The second kappa shape index (κ2) is 6.38. The van der Waals surface area contributed by atoms with Crippen LogP contribution < -0.4 is 10.9 Å². The summed E-state index contributed by atoms with van der Waals surface area (Å²) in [6, 6.07) is 7.18. The minimum atomic E-state index is -1.84. The third-order valence-electron chi connectivity index (χ3n) is 6.11. The number of aliphatic hydroxyl groups is 1. The van der Waals surface area contributed by atoms with Crippen molar-refractivity contribution in [1.29, 1.82) is 0 Å². The van der Waals surface area contributed by atoms with Crippen LogP contribution in [0.1, 0.15) is 35.6 Å². The summed E-state index contributed by atoms with van der Waals surface area (Å²) in [7, 11) is 1.81. The van der Waals surface area contributed by atoms with Gasteiger partial charge in [-0.1, -0.05) is 13.0 Å². The number of rotatable bonds is 3. The number of hydrogen-bond acceptors (Lipinski definition) is 7. The molecule has 8 nitrogen and oxygen atoms in total. The van der Waals surface area contributed by atoms with Gasteiger partial charge in [-0.3, -0.25) is 4.79 Å². The Labute approximate surface area is 171 Å². The van der Waals surface area contributed by atoms with Crippen molar-refractivity contribution in [3.05, 3.63) is 56.9 Å². The number of aromatic nitrogens is 2. The van der Waals surface area contributed by atoms with Crippen LogP contribution in [0.3, 0.4) is 0 Å². The van der Waals surface area contributed by atoms with Gasteiger partial charge < -0.3 is 24.8 Å². The number of phenolic OH excluding ortho intramolecular Hbond substituents is 1. The maximum absolute atomic E-state index is 13.2. The summed E-state index contributed by atoms with van der Waals surface area (Å²) in [6.07, 6.45) is 0.0991. The lowest BCUT2D eigenvalue weighted by atomic mass is 9.86. The van der Waals surface area contributed by atoms with Gasteiger partial charge in [0.05, 0.1) is 29.0 Å². The minimum Gasteiger partial charge on any atom is -0.507 e. The second-order valence-corrected chi connectivity index (χ2v) is 7.77. The molecule has 30 heavy (non-hydrogen) atoms. The Balaban J connectivity index is 1.74. The molecule has 0 bridgehead atoms. The zero-order valence-electron chi connectivity index (χ0n) is 16.7. The predicted octanol–water partition coefficient (Wildman–Crippen LogP) is 1.50. The molecule has 8 heteroatoms. The van der Waals surface area contributed by atoms with Crippen LogP contribution in [0.15, 0.2) is 29.1 Å². The number of phenols is 1. The van der Waals surface area contributed by atoms with Gasteiger partial charge in [-0.15, -0.1) is 0 Å². The maximum atomic E-state index is 13.2. The Morgan fingerprint density at radius 1 is 1.30 bits per heavy atom. The molecule has 1 aromatic carbocycles. The summed E-state index contributed by atoms with van der Waals surface area (Å²) in [5.74, 6) is -0.576. The third-order valence-corrected chi connectivity index (χ3v) is 6.11. The molecule has 2 aliphatic heterocycles. The fraction of sp³-hybridized carbons (Fsp3) is 0.318. The molecule has 3 N–H and O–H groups in total. The van der Waals surface area contributed by atoms with Gasteiger partial charge in [0.1, 0.15) is 12.4 Å². The average Bonchev–Trinajstić information content (AvgIpc) is 3.10. The molecule has 0 radical (unpaired) electrons. The lowest BCUT2D eigenvalue weighted by molar-refractivity contribution is -0.172. The van der Waals surface area contributed by atoms with Crippen LogP contribution in [0.2, 0.25) is 0 Å². The zero-order chi connectivity index (χ0) is 21.2. The van der Waals surface area contributed by atoms with Crippen LogP contribution in [0.25, 0.3) is 22.3 Å². The van der Waals surface area contributed by atoms with E-state index in [1.165, 1.54) is 0 Å². The number of ether oxygens (including phenoxy) is 1. The predicted molar refractivity (Wildman–Crippen MR) is 109 cm³/mol. The first-order chi connectivity index (χ1) is 14.4. The first-order valence-corrected chi connectivity index (χ1v) is 9.85. The molecule has 4 heterocycles. The standard InChI is InChI=1S/C22H21N3O5/c1-3-22(29)15-7-17-18-12(9-25(17)20(27)14(15)10-30-21(22)28)6-13-16(24-18)5-4-11(8-23-2)19(13)26/h4-7,23,26,29H,3,8-10H2,1-2H3/t22-/m0/s1. The van der Waals surface area contributed by atoms with Gasteiger partial charge in [0.25, 0.3) is 5.56 Å². The van der Waals surface area contributed by atoms with Crippen LogP contribution in [0, 0.1) is 0 Å². The number of nitrogens with zero attached hydrogens (tertiary/aromatic N) is 2. The number of carbonyl (C=O) groups is 1. The first-order valence-electron chi connectivity index (χ1n) is 9.85. The van der Waals surface area contributed by atoms with Gasteiger partial charge in [-0.25, -0.2) is 9.78 Å². The number of carbonyl (C=O) groups excluding carboxylic acids is 1. The minimum absolute atomic E-state index is 0.0991. The molecular weight excluding hydrogens is 386 g/mol. The van der Waals surface area contributed by atoms with Crippen LogP contribution in [0.5, 0.6) is 5.75 Å². The monoisotopic (exact) mass is 407 g/mol. The molecule has 1 atom stereocenters. The number of esters is 1. The van der Waals surface area contributed by atoms with E-state index in [-0.39, 0.29) is 24.3 Å². The van der Waals surface area contributed by atoms with Crippen LogP contribution in [-0.2, 0) is 34.8 Å². The lowest BCUT2D eigenvalue weighted by Gasteiger charge is -2.31.